The summed E-state index contributed by atoms with van der Waals surface area (Å²) in [6.07, 6.45) is 1.67. The van der Waals surface area contributed by atoms with Crippen molar-refractivity contribution >= 4 is 24.8 Å². The first kappa shape index (κ1) is 13.3. The van der Waals surface area contributed by atoms with Gasteiger partial charge in [0.25, 0.3) is 0 Å². The molecule has 0 amide bonds. The molecular weight excluding hydrogens is 187 g/mol. The molecule has 1 rings (SSSR count). The normalized spacial score (nSPS) is 11.2. The first-order valence-electron chi connectivity index (χ1n) is 2.82. The summed E-state index contributed by atoms with van der Waals surface area (Å²) >= 11 is 0. The van der Waals surface area contributed by atoms with Crippen molar-refractivity contribution in [1.29, 1.82) is 0 Å². The van der Waals surface area contributed by atoms with Crippen LogP contribution in [0.4, 0.5) is 0 Å². The lowest BCUT2D eigenvalue weighted by Gasteiger charge is -2.01. The minimum absolute atomic E-state index is 0. The monoisotopic (exact) mass is 198 g/mol. The van der Waals surface area contributed by atoms with E-state index in [1.807, 2.05) is 14.0 Å². The first-order valence-corrected chi connectivity index (χ1v) is 2.82. The summed E-state index contributed by atoms with van der Waals surface area (Å²) in [7, 11) is 1.83. The molecular formula is C5H12Cl2N4. The Morgan fingerprint density at radius 3 is 2.27 bits per heavy atom. The molecule has 1 atom stereocenters. The van der Waals surface area contributed by atoms with Gasteiger partial charge in [0.1, 0.15) is 0 Å². The van der Waals surface area contributed by atoms with Crippen molar-refractivity contribution in [3.05, 3.63) is 11.9 Å². The van der Waals surface area contributed by atoms with Gasteiger partial charge in [-0.2, -0.15) is 0 Å². The highest BCUT2D eigenvalue weighted by molar-refractivity contribution is 5.85. The predicted molar refractivity (Wildman–Crippen MR) is 48.1 cm³/mol. The molecule has 0 aliphatic carbocycles. The van der Waals surface area contributed by atoms with Crippen molar-refractivity contribution in [2.24, 2.45) is 12.8 Å². The second kappa shape index (κ2) is 5.35. The van der Waals surface area contributed by atoms with E-state index >= 15 is 0 Å². The molecule has 0 aliphatic rings. The van der Waals surface area contributed by atoms with Gasteiger partial charge in [0, 0.05) is 13.1 Å². The van der Waals surface area contributed by atoms with Crippen LogP contribution in [-0.2, 0) is 7.05 Å². The maximum absolute atomic E-state index is 5.56. The van der Waals surface area contributed by atoms with Crippen LogP contribution < -0.4 is 5.73 Å². The molecule has 66 valence electrons. The Bertz CT molecular complexity index is 198. The van der Waals surface area contributed by atoms with Crippen molar-refractivity contribution in [1.82, 2.24) is 15.0 Å². The second-order valence-electron chi connectivity index (χ2n) is 2.07. The number of rotatable bonds is 1. The zero-order chi connectivity index (χ0) is 6.85. The SMILES string of the molecule is C[C@@H](N)c1cnnn1C.Cl.Cl. The Kier molecular flexibility index (Phi) is 6.46. The van der Waals surface area contributed by atoms with Crippen LogP contribution in [0, 0.1) is 0 Å². The van der Waals surface area contributed by atoms with E-state index in [0.29, 0.717) is 0 Å². The van der Waals surface area contributed by atoms with Gasteiger partial charge in [0.05, 0.1) is 11.9 Å². The molecule has 0 unspecified atom stereocenters. The summed E-state index contributed by atoms with van der Waals surface area (Å²) in [5, 5.41) is 7.40. The van der Waals surface area contributed by atoms with E-state index in [-0.39, 0.29) is 30.9 Å². The highest BCUT2D eigenvalue weighted by atomic mass is 35.5. The maximum Gasteiger partial charge on any atom is 0.0748 e. The third kappa shape index (κ3) is 3.05. The Balaban J connectivity index is 0. The molecule has 6 heteroatoms. The van der Waals surface area contributed by atoms with E-state index in [1.54, 1.807) is 10.9 Å². The molecule has 0 radical (unpaired) electrons. The topological polar surface area (TPSA) is 56.7 Å². The van der Waals surface area contributed by atoms with Gasteiger partial charge in [-0.15, -0.1) is 29.9 Å². The summed E-state index contributed by atoms with van der Waals surface area (Å²) in [4.78, 5) is 0. The molecule has 0 aliphatic heterocycles. The maximum atomic E-state index is 5.56. The van der Waals surface area contributed by atoms with Crippen molar-refractivity contribution in [3.8, 4) is 0 Å². The van der Waals surface area contributed by atoms with Crippen molar-refractivity contribution in [3.63, 3.8) is 0 Å². The molecule has 1 aromatic rings. The summed E-state index contributed by atoms with van der Waals surface area (Å²) < 4.78 is 1.67. The Labute approximate surface area is 78.0 Å². The van der Waals surface area contributed by atoms with E-state index in [9.17, 15) is 0 Å². The van der Waals surface area contributed by atoms with Gasteiger partial charge < -0.3 is 5.73 Å². The molecule has 0 aromatic carbocycles. The quantitative estimate of drug-likeness (QED) is 0.723. The minimum Gasteiger partial charge on any atom is -0.323 e. The summed E-state index contributed by atoms with van der Waals surface area (Å²) in [5.74, 6) is 0. The molecule has 11 heavy (non-hydrogen) atoms. The molecule has 0 saturated carbocycles. The number of nitrogens with two attached hydrogens (primary N) is 1. The van der Waals surface area contributed by atoms with Gasteiger partial charge in [0.2, 0.25) is 0 Å². The van der Waals surface area contributed by atoms with Gasteiger partial charge in [-0.05, 0) is 6.92 Å². The number of aromatic nitrogens is 3. The average molecular weight is 199 g/mol. The second-order valence-corrected chi connectivity index (χ2v) is 2.07. The molecule has 0 saturated heterocycles. The van der Waals surface area contributed by atoms with Gasteiger partial charge >= 0.3 is 0 Å². The molecule has 1 heterocycles. The number of nitrogens with zero attached hydrogens (tertiary/aromatic N) is 3. The van der Waals surface area contributed by atoms with E-state index in [1.165, 1.54) is 0 Å². The smallest absolute Gasteiger partial charge is 0.0748 e. The van der Waals surface area contributed by atoms with E-state index in [2.05, 4.69) is 10.3 Å². The number of halogens is 2. The lowest BCUT2D eigenvalue weighted by atomic mass is 10.3. The molecule has 0 spiro atoms. The molecule has 1 aromatic heterocycles. The van der Waals surface area contributed by atoms with Crippen LogP contribution in [0.25, 0.3) is 0 Å². The van der Waals surface area contributed by atoms with Crippen molar-refractivity contribution in [2.75, 3.05) is 0 Å². The molecule has 0 fully saturated rings. The zero-order valence-electron chi connectivity index (χ0n) is 6.39. The minimum atomic E-state index is 0. The molecule has 2 N–H and O–H groups in total. The van der Waals surface area contributed by atoms with Gasteiger partial charge in [-0.1, -0.05) is 5.21 Å². The zero-order valence-corrected chi connectivity index (χ0v) is 8.02. The Morgan fingerprint density at radius 1 is 1.55 bits per heavy atom. The number of hydrogen-bond donors (Lipinski definition) is 1. The van der Waals surface area contributed by atoms with Crippen molar-refractivity contribution < 1.29 is 0 Å². The third-order valence-electron chi connectivity index (χ3n) is 1.22. The van der Waals surface area contributed by atoms with Crippen LogP contribution >= 0.6 is 24.8 Å². The van der Waals surface area contributed by atoms with Crippen LogP contribution in [-0.4, -0.2) is 15.0 Å². The van der Waals surface area contributed by atoms with Crippen LogP contribution in [0.5, 0.6) is 0 Å². The lowest BCUT2D eigenvalue weighted by Crippen LogP contribution is -2.10. The standard InChI is InChI=1S/C5H10N4.2ClH/c1-4(6)5-3-7-8-9(5)2;;/h3-4H,6H2,1-2H3;2*1H/t4-;;/m1../s1. The largest absolute Gasteiger partial charge is 0.323 e. The van der Waals surface area contributed by atoms with E-state index < -0.39 is 0 Å². The fourth-order valence-corrected chi connectivity index (χ4v) is 0.710. The van der Waals surface area contributed by atoms with Gasteiger partial charge in [0.15, 0.2) is 0 Å². The van der Waals surface area contributed by atoms with E-state index in [0.717, 1.165) is 5.69 Å². The van der Waals surface area contributed by atoms with Gasteiger partial charge in [-0.3, -0.25) is 4.68 Å². The summed E-state index contributed by atoms with van der Waals surface area (Å²) in [5.41, 5.74) is 6.51. The summed E-state index contributed by atoms with van der Waals surface area (Å²) in [6.45, 7) is 1.90. The Hall–Kier alpha value is -0.320. The highest BCUT2D eigenvalue weighted by Gasteiger charge is 2.02. The highest BCUT2D eigenvalue weighted by Crippen LogP contribution is 2.03. The van der Waals surface area contributed by atoms with Gasteiger partial charge in [-0.25, -0.2) is 0 Å². The van der Waals surface area contributed by atoms with Crippen LogP contribution in [0.15, 0.2) is 6.20 Å². The average Bonchev–Trinajstić information content (AvgIpc) is 2.13. The number of aryl methyl sites for hydroxylation is 1. The van der Waals surface area contributed by atoms with Crippen LogP contribution in [0.2, 0.25) is 0 Å². The third-order valence-corrected chi connectivity index (χ3v) is 1.22. The first-order chi connectivity index (χ1) is 4.22. The van der Waals surface area contributed by atoms with Crippen LogP contribution in [0.3, 0.4) is 0 Å². The lowest BCUT2D eigenvalue weighted by molar-refractivity contribution is 0.637. The fourth-order valence-electron chi connectivity index (χ4n) is 0.710. The predicted octanol–water partition coefficient (Wildman–Crippen LogP) is 0.678. The molecule has 4 nitrogen and oxygen atoms in total. The number of hydrogen-bond acceptors (Lipinski definition) is 3. The van der Waals surface area contributed by atoms with E-state index in [4.69, 9.17) is 5.73 Å². The fraction of sp³-hybridized carbons (Fsp3) is 0.600. The van der Waals surface area contributed by atoms with Crippen molar-refractivity contribution in [2.45, 2.75) is 13.0 Å². The summed E-state index contributed by atoms with van der Waals surface area (Å²) in [6, 6.07) is 0.0185. The van der Waals surface area contributed by atoms with Crippen LogP contribution in [0.1, 0.15) is 18.7 Å². The Morgan fingerprint density at radius 2 is 2.09 bits per heavy atom. The molecule has 0 bridgehead atoms.